The number of nitrogens with two attached hydrogens (primary N) is 1. The van der Waals surface area contributed by atoms with Crippen LogP contribution in [0.1, 0.15) is 35.5 Å². The normalized spacial score (nSPS) is 14.8. The van der Waals surface area contributed by atoms with Gasteiger partial charge in [-0.3, -0.25) is 0 Å². The first kappa shape index (κ1) is 12.5. The zero-order valence-corrected chi connectivity index (χ0v) is 11.8. The van der Waals surface area contributed by atoms with Gasteiger partial charge in [-0.1, -0.05) is 6.42 Å². The van der Waals surface area contributed by atoms with Crippen LogP contribution in [0.15, 0.2) is 5.38 Å². The third-order valence-corrected chi connectivity index (χ3v) is 4.19. The van der Waals surface area contributed by atoms with E-state index in [1.807, 2.05) is 12.3 Å². The molecule has 2 aromatic heterocycles. The molecule has 0 aromatic carbocycles. The molecule has 19 heavy (non-hydrogen) atoms. The van der Waals surface area contributed by atoms with Crippen molar-refractivity contribution in [1.29, 1.82) is 0 Å². The molecule has 6 heteroatoms. The molecule has 1 aliphatic carbocycles. The molecule has 0 saturated carbocycles. The molecule has 3 rings (SSSR count). The molecule has 1 aliphatic rings. The minimum absolute atomic E-state index is 0.679. The average Bonchev–Trinajstić information content (AvgIpc) is 2.72. The Morgan fingerprint density at radius 3 is 2.74 bits per heavy atom. The Hall–Kier alpha value is -1.53. The molecule has 2 aromatic rings. The summed E-state index contributed by atoms with van der Waals surface area (Å²) >= 11 is 1.61. The molecule has 0 unspecified atom stereocenters. The van der Waals surface area contributed by atoms with Gasteiger partial charge in [-0.2, -0.15) is 0 Å². The number of fused-ring (bicyclic) bond motifs is 1. The Morgan fingerprint density at radius 1 is 1.16 bits per heavy atom. The van der Waals surface area contributed by atoms with Crippen LogP contribution in [0, 0.1) is 6.92 Å². The summed E-state index contributed by atoms with van der Waals surface area (Å²) in [6.07, 6.45) is 5.61. The van der Waals surface area contributed by atoms with Crippen LogP contribution in [0.2, 0.25) is 0 Å². The molecule has 0 aliphatic heterocycles. The van der Waals surface area contributed by atoms with Crippen molar-refractivity contribution < 1.29 is 0 Å². The molecular weight excluding hydrogens is 258 g/mol. The first-order chi connectivity index (χ1) is 9.28. The molecular formula is C13H17N5S. The summed E-state index contributed by atoms with van der Waals surface area (Å²) in [5.74, 6) is 7.05. The molecule has 0 fully saturated rings. The number of nitrogens with zero attached hydrogens (tertiary/aromatic N) is 3. The van der Waals surface area contributed by atoms with Crippen molar-refractivity contribution in [3.63, 3.8) is 0 Å². The van der Waals surface area contributed by atoms with Gasteiger partial charge in [0, 0.05) is 16.6 Å². The predicted molar refractivity (Wildman–Crippen MR) is 76.9 cm³/mol. The Kier molecular flexibility index (Phi) is 3.44. The second kappa shape index (κ2) is 5.22. The number of hydrazine groups is 1. The smallest absolute Gasteiger partial charge is 0.181 e. The summed E-state index contributed by atoms with van der Waals surface area (Å²) in [5, 5.41) is 3.02. The van der Waals surface area contributed by atoms with Crippen molar-refractivity contribution >= 4 is 17.2 Å². The van der Waals surface area contributed by atoms with Crippen LogP contribution < -0.4 is 11.3 Å². The maximum atomic E-state index is 5.62. The number of nitrogens with one attached hydrogen (secondary N) is 1. The number of aryl methyl sites for hydroxylation is 2. The second-order valence-corrected chi connectivity index (χ2v) is 5.84. The molecule has 0 spiro atoms. The van der Waals surface area contributed by atoms with Crippen molar-refractivity contribution in [3.05, 3.63) is 21.6 Å². The Bertz CT molecular complexity index is 593. The number of hydrogen-bond acceptors (Lipinski definition) is 6. The van der Waals surface area contributed by atoms with E-state index in [2.05, 4.69) is 15.4 Å². The van der Waals surface area contributed by atoms with Crippen molar-refractivity contribution in [1.82, 2.24) is 15.0 Å². The summed E-state index contributed by atoms with van der Waals surface area (Å²) < 4.78 is 0. The SMILES string of the molecule is Cc1nc(-c2nc3c(c(NN)n2)CCCCC3)cs1. The van der Waals surface area contributed by atoms with Gasteiger partial charge in [-0.25, -0.2) is 20.8 Å². The summed E-state index contributed by atoms with van der Waals surface area (Å²) in [6, 6.07) is 0. The predicted octanol–water partition coefficient (Wildman–Crippen LogP) is 2.46. The minimum atomic E-state index is 0.679. The fraction of sp³-hybridized carbons (Fsp3) is 0.462. The van der Waals surface area contributed by atoms with E-state index in [-0.39, 0.29) is 0 Å². The standard InChI is InChI=1S/C13H17N5S/c1-8-15-11(7-19-8)13-16-10-6-4-2-3-5-9(10)12(17-13)18-14/h7H,2-6,14H2,1H3,(H,16,17,18). The highest BCUT2D eigenvalue weighted by Crippen LogP contribution is 2.27. The lowest BCUT2D eigenvalue weighted by Gasteiger charge is -2.11. The highest BCUT2D eigenvalue weighted by Gasteiger charge is 2.17. The van der Waals surface area contributed by atoms with E-state index >= 15 is 0 Å². The largest absolute Gasteiger partial charge is 0.308 e. The van der Waals surface area contributed by atoms with Gasteiger partial charge < -0.3 is 5.43 Å². The molecule has 0 radical (unpaired) electrons. The van der Waals surface area contributed by atoms with Gasteiger partial charge in [0.2, 0.25) is 0 Å². The van der Waals surface area contributed by atoms with Crippen molar-refractivity contribution in [2.45, 2.75) is 39.0 Å². The van der Waals surface area contributed by atoms with Crippen LogP contribution in [0.5, 0.6) is 0 Å². The fourth-order valence-electron chi connectivity index (χ4n) is 2.47. The first-order valence-corrected chi connectivity index (χ1v) is 7.45. The molecule has 3 N–H and O–H groups in total. The zero-order valence-electron chi connectivity index (χ0n) is 10.9. The van der Waals surface area contributed by atoms with Crippen LogP contribution in [0.25, 0.3) is 11.5 Å². The lowest BCUT2D eigenvalue weighted by molar-refractivity contribution is 0.709. The van der Waals surface area contributed by atoms with Crippen LogP contribution in [-0.2, 0) is 12.8 Å². The monoisotopic (exact) mass is 275 g/mol. The summed E-state index contributed by atoms with van der Waals surface area (Å²) in [6.45, 7) is 1.99. The Morgan fingerprint density at radius 2 is 2.00 bits per heavy atom. The number of thiazole rings is 1. The number of hydrogen-bond donors (Lipinski definition) is 2. The Balaban J connectivity index is 2.09. The van der Waals surface area contributed by atoms with Crippen LogP contribution in [0.3, 0.4) is 0 Å². The van der Waals surface area contributed by atoms with E-state index in [0.717, 1.165) is 35.1 Å². The molecule has 0 atom stereocenters. The van der Waals surface area contributed by atoms with E-state index < -0.39 is 0 Å². The highest BCUT2D eigenvalue weighted by atomic mass is 32.1. The molecule has 2 heterocycles. The second-order valence-electron chi connectivity index (χ2n) is 4.78. The molecule has 5 nitrogen and oxygen atoms in total. The maximum Gasteiger partial charge on any atom is 0.181 e. The van der Waals surface area contributed by atoms with Gasteiger partial charge in [-0.15, -0.1) is 11.3 Å². The van der Waals surface area contributed by atoms with Gasteiger partial charge in [0.1, 0.15) is 11.5 Å². The third-order valence-electron chi connectivity index (χ3n) is 3.42. The highest BCUT2D eigenvalue weighted by molar-refractivity contribution is 7.09. The third kappa shape index (κ3) is 2.46. The van der Waals surface area contributed by atoms with Crippen LogP contribution in [0.4, 0.5) is 5.82 Å². The lowest BCUT2D eigenvalue weighted by Crippen LogP contribution is -2.14. The molecule has 0 saturated heterocycles. The van der Waals surface area contributed by atoms with Crippen molar-refractivity contribution in [2.24, 2.45) is 5.84 Å². The summed E-state index contributed by atoms with van der Waals surface area (Å²) in [5.41, 5.74) is 5.87. The van der Waals surface area contributed by atoms with Crippen LogP contribution in [-0.4, -0.2) is 15.0 Å². The lowest BCUT2D eigenvalue weighted by atomic mass is 10.1. The minimum Gasteiger partial charge on any atom is -0.308 e. The average molecular weight is 275 g/mol. The number of rotatable bonds is 2. The van der Waals surface area contributed by atoms with E-state index in [1.165, 1.54) is 24.8 Å². The van der Waals surface area contributed by atoms with Crippen molar-refractivity contribution in [3.8, 4) is 11.5 Å². The fourth-order valence-corrected chi connectivity index (χ4v) is 3.06. The van der Waals surface area contributed by atoms with E-state index in [9.17, 15) is 0 Å². The van der Waals surface area contributed by atoms with Gasteiger partial charge >= 0.3 is 0 Å². The molecule has 0 amide bonds. The number of nitrogen functional groups attached to an aromatic ring is 1. The summed E-state index contributed by atoms with van der Waals surface area (Å²) in [7, 11) is 0. The molecule has 100 valence electrons. The topological polar surface area (TPSA) is 76.7 Å². The van der Waals surface area contributed by atoms with Crippen LogP contribution >= 0.6 is 11.3 Å². The van der Waals surface area contributed by atoms with Gasteiger partial charge in [0.05, 0.1) is 5.01 Å². The summed E-state index contributed by atoms with van der Waals surface area (Å²) in [4.78, 5) is 13.7. The number of anilines is 1. The van der Waals surface area contributed by atoms with E-state index in [1.54, 1.807) is 11.3 Å². The van der Waals surface area contributed by atoms with Crippen molar-refractivity contribution in [2.75, 3.05) is 5.43 Å². The quantitative estimate of drug-likeness (QED) is 0.500. The maximum absolute atomic E-state index is 5.62. The first-order valence-electron chi connectivity index (χ1n) is 6.57. The number of aromatic nitrogens is 3. The van der Waals surface area contributed by atoms with E-state index in [0.29, 0.717) is 5.82 Å². The van der Waals surface area contributed by atoms with Gasteiger partial charge in [-0.05, 0) is 32.6 Å². The van der Waals surface area contributed by atoms with Gasteiger partial charge in [0.25, 0.3) is 0 Å². The molecule has 0 bridgehead atoms. The Labute approximate surface area is 116 Å². The van der Waals surface area contributed by atoms with Gasteiger partial charge in [0.15, 0.2) is 5.82 Å². The zero-order chi connectivity index (χ0) is 13.2. The van der Waals surface area contributed by atoms with E-state index in [4.69, 9.17) is 10.8 Å².